The van der Waals surface area contributed by atoms with E-state index >= 15 is 0 Å². The fourth-order valence-electron chi connectivity index (χ4n) is 3.28. The fourth-order valence-corrected chi connectivity index (χ4v) is 4.20. The first-order valence-corrected chi connectivity index (χ1v) is 9.04. The molecule has 0 heterocycles. The molecular weight excluding hydrogens is 302 g/mol. The molecule has 0 spiro atoms. The smallest absolute Gasteiger partial charge is 0.249 e. The summed E-state index contributed by atoms with van der Waals surface area (Å²) >= 11 is 1.70. The highest BCUT2D eigenvalue weighted by Crippen LogP contribution is 2.34. The summed E-state index contributed by atoms with van der Waals surface area (Å²) in [6, 6.07) is 12.7. The van der Waals surface area contributed by atoms with Crippen LogP contribution in [0, 0.1) is 12.8 Å². The molecule has 0 saturated carbocycles. The fraction of sp³-hybridized carbons (Fsp3) is 0.350. The Hall–Kier alpha value is -1.74. The Morgan fingerprint density at radius 3 is 2.61 bits per heavy atom. The molecule has 2 nitrogen and oxygen atoms in total. The lowest BCUT2D eigenvalue weighted by Crippen LogP contribution is -2.16. The molecule has 2 aromatic carbocycles. The van der Waals surface area contributed by atoms with Gasteiger partial charge in [0.25, 0.3) is 0 Å². The van der Waals surface area contributed by atoms with Crippen molar-refractivity contribution in [2.24, 2.45) is 11.7 Å². The maximum absolute atomic E-state index is 12.0. The van der Waals surface area contributed by atoms with E-state index in [0.717, 1.165) is 17.7 Å². The molecule has 0 radical (unpaired) electrons. The van der Waals surface area contributed by atoms with E-state index in [0.29, 0.717) is 11.5 Å². The molecule has 0 aliphatic heterocycles. The number of amides is 1. The zero-order valence-corrected chi connectivity index (χ0v) is 14.6. The molecule has 2 aromatic rings. The summed E-state index contributed by atoms with van der Waals surface area (Å²) in [5.41, 5.74) is 10.1. The summed E-state index contributed by atoms with van der Waals surface area (Å²) in [5, 5.41) is 0. The van der Waals surface area contributed by atoms with Gasteiger partial charge in [0.2, 0.25) is 5.91 Å². The van der Waals surface area contributed by atoms with Crippen LogP contribution in [0.4, 0.5) is 0 Å². The Bertz CT molecular complexity index is 721. The van der Waals surface area contributed by atoms with E-state index in [9.17, 15) is 4.79 Å². The van der Waals surface area contributed by atoms with Crippen molar-refractivity contribution in [1.82, 2.24) is 0 Å². The number of primary amides is 1. The molecule has 3 heteroatoms. The SMILES string of the molecule is Cc1ccc(Sc2cc3c(c(C(N)=O)c2)CC(C)CCC3)cc1. The van der Waals surface area contributed by atoms with E-state index in [2.05, 4.69) is 44.2 Å². The van der Waals surface area contributed by atoms with Crippen molar-refractivity contribution in [2.75, 3.05) is 0 Å². The molecule has 1 atom stereocenters. The molecule has 0 fully saturated rings. The minimum Gasteiger partial charge on any atom is -0.366 e. The van der Waals surface area contributed by atoms with Crippen LogP contribution in [-0.4, -0.2) is 5.91 Å². The number of nitrogens with two attached hydrogens (primary N) is 1. The van der Waals surface area contributed by atoms with Crippen LogP contribution in [-0.2, 0) is 12.8 Å². The first-order valence-electron chi connectivity index (χ1n) is 8.23. The minimum absolute atomic E-state index is 0.304. The van der Waals surface area contributed by atoms with Gasteiger partial charge in [-0.15, -0.1) is 0 Å². The molecule has 0 saturated heterocycles. The molecule has 0 bridgehead atoms. The highest BCUT2D eigenvalue weighted by Gasteiger charge is 2.20. The van der Waals surface area contributed by atoms with Gasteiger partial charge >= 0.3 is 0 Å². The number of carbonyl (C=O) groups excluding carboxylic acids is 1. The average Bonchev–Trinajstić information content (AvgIpc) is 2.69. The maximum atomic E-state index is 12.0. The third kappa shape index (κ3) is 3.78. The number of benzene rings is 2. The second-order valence-corrected chi connectivity index (χ2v) is 7.74. The predicted molar refractivity (Wildman–Crippen MR) is 96.1 cm³/mol. The topological polar surface area (TPSA) is 43.1 Å². The van der Waals surface area contributed by atoms with Crippen LogP contribution in [0.2, 0.25) is 0 Å². The first-order chi connectivity index (χ1) is 11.0. The van der Waals surface area contributed by atoms with Crippen molar-refractivity contribution in [3.05, 3.63) is 58.7 Å². The van der Waals surface area contributed by atoms with Crippen LogP contribution in [0.5, 0.6) is 0 Å². The van der Waals surface area contributed by atoms with E-state index < -0.39 is 0 Å². The van der Waals surface area contributed by atoms with E-state index in [1.807, 2.05) is 6.07 Å². The van der Waals surface area contributed by atoms with Crippen LogP contribution in [0.3, 0.4) is 0 Å². The third-order valence-electron chi connectivity index (χ3n) is 4.53. The zero-order valence-electron chi connectivity index (χ0n) is 13.8. The Morgan fingerprint density at radius 2 is 1.91 bits per heavy atom. The van der Waals surface area contributed by atoms with Crippen LogP contribution < -0.4 is 5.73 Å². The largest absolute Gasteiger partial charge is 0.366 e. The Balaban J connectivity index is 1.98. The third-order valence-corrected chi connectivity index (χ3v) is 5.51. The van der Waals surface area contributed by atoms with Crippen LogP contribution in [0.25, 0.3) is 0 Å². The second kappa shape index (κ2) is 6.79. The molecule has 23 heavy (non-hydrogen) atoms. The number of carbonyl (C=O) groups is 1. The van der Waals surface area contributed by atoms with Gasteiger partial charge in [-0.1, -0.05) is 42.8 Å². The standard InChI is InChI=1S/C20H23NOS/c1-13-6-8-16(9-7-13)23-17-11-15-5-3-4-14(2)10-18(15)19(12-17)20(21)22/h6-9,11-12,14H,3-5,10H2,1-2H3,(H2,21,22). The van der Waals surface area contributed by atoms with E-state index in [1.165, 1.54) is 34.4 Å². The van der Waals surface area contributed by atoms with Crippen molar-refractivity contribution >= 4 is 17.7 Å². The van der Waals surface area contributed by atoms with Crippen LogP contribution >= 0.6 is 11.8 Å². The van der Waals surface area contributed by atoms with Crippen LogP contribution in [0.15, 0.2) is 46.2 Å². The van der Waals surface area contributed by atoms with Gasteiger partial charge in [0.1, 0.15) is 0 Å². The lowest BCUT2D eigenvalue weighted by molar-refractivity contribution is 0.0999. The van der Waals surface area contributed by atoms with Gasteiger partial charge in [-0.05, 0) is 67.5 Å². The Kier molecular flexibility index (Phi) is 4.76. The van der Waals surface area contributed by atoms with Crippen molar-refractivity contribution in [2.45, 2.75) is 49.3 Å². The summed E-state index contributed by atoms with van der Waals surface area (Å²) < 4.78 is 0. The molecule has 1 unspecified atom stereocenters. The maximum Gasteiger partial charge on any atom is 0.249 e. The number of fused-ring (bicyclic) bond motifs is 1. The molecule has 0 aromatic heterocycles. The number of hydrogen-bond donors (Lipinski definition) is 1. The van der Waals surface area contributed by atoms with Crippen molar-refractivity contribution in [3.8, 4) is 0 Å². The van der Waals surface area contributed by atoms with Crippen molar-refractivity contribution in [3.63, 3.8) is 0 Å². The summed E-state index contributed by atoms with van der Waals surface area (Å²) in [5.74, 6) is 0.312. The van der Waals surface area contributed by atoms with Gasteiger partial charge in [-0.25, -0.2) is 0 Å². The van der Waals surface area contributed by atoms with E-state index in [-0.39, 0.29) is 5.91 Å². The molecule has 3 rings (SSSR count). The highest BCUT2D eigenvalue weighted by atomic mass is 32.2. The van der Waals surface area contributed by atoms with Gasteiger partial charge < -0.3 is 5.73 Å². The second-order valence-electron chi connectivity index (χ2n) is 6.59. The van der Waals surface area contributed by atoms with Crippen molar-refractivity contribution in [1.29, 1.82) is 0 Å². The zero-order chi connectivity index (χ0) is 16.4. The molecular formula is C20H23NOS. The lowest BCUT2D eigenvalue weighted by Gasteiger charge is -2.15. The summed E-state index contributed by atoms with van der Waals surface area (Å²) in [6.45, 7) is 4.35. The molecule has 1 aliphatic rings. The minimum atomic E-state index is -0.304. The molecule has 1 amide bonds. The first kappa shape index (κ1) is 16.1. The lowest BCUT2D eigenvalue weighted by atomic mass is 9.93. The molecule has 1 aliphatic carbocycles. The number of aryl methyl sites for hydroxylation is 2. The predicted octanol–water partition coefficient (Wildman–Crippen LogP) is 4.76. The average molecular weight is 325 g/mol. The van der Waals surface area contributed by atoms with Gasteiger partial charge in [0.15, 0.2) is 0 Å². The van der Waals surface area contributed by atoms with Gasteiger partial charge in [-0.3, -0.25) is 4.79 Å². The highest BCUT2D eigenvalue weighted by molar-refractivity contribution is 7.99. The monoisotopic (exact) mass is 325 g/mol. The molecule has 120 valence electrons. The summed E-state index contributed by atoms with van der Waals surface area (Å²) in [6.07, 6.45) is 4.41. The summed E-state index contributed by atoms with van der Waals surface area (Å²) in [7, 11) is 0. The van der Waals surface area contributed by atoms with Crippen molar-refractivity contribution < 1.29 is 4.79 Å². The van der Waals surface area contributed by atoms with Gasteiger partial charge in [-0.2, -0.15) is 0 Å². The Labute approximate surface area is 142 Å². The normalized spacial score (nSPS) is 17.4. The number of hydrogen-bond acceptors (Lipinski definition) is 2. The number of rotatable bonds is 3. The van der Waals surface area contributed by atoms with Gasteiger partial charge in [0.05, 0.1) is 0 Å². The van der Waals surface area contributed by atoms with Gasteiger partial charge in [0, 0.05) is 15.4 Å². The van der Waals surface area contributed by atoms with E-state index in [1.54, 1.807) is 11.8 Å². The Morgan fingerprint density at radius 1 is 1.17 bits per heavy atom. The van der Waals surface area contributed by atoms with Crippen LogP contribution in [0.1, 0.15) is 46.8 Å². The summed E-state index contributed by atoms with van der Waals surface area (Å²) in [4.78, 5) is 14.2. The molecule has 2 N–H and O–H groups in total. The quantitative estimate of drug-likeness (QED) is 0.827. The van der Waals surface area contributed by atoms with E-state index in [4.69, 9.17) is 5.73 Å².